The number of likely N-dealkylation sites (N-methyl/N-ethyl adjacent to an activating group) is 1. The number of hydrogen-bond acceptors (Lipinski definition) is 1. The Bertz CT molecular complexity index is 457. The van der Waals surface area contributed by atoms with Crippen LogP contribution in [-0.2, 0) is 6.42 Å². The van der Waals surface area contributed by atoms with Gasteiger partial charge < -0.3 is 5.32 Å². The average Bonchev–Trinajstić information content (AvgIpc) is 3.00. The Kier molecular flexibility index (Phi) is 3.62. The number of rotatable bonds is 4. The van der Waals surface area contributed by atoms with E-state index in [9.17, 15) is 4.39 Å². The van der Waals surface area contributed by atoms with E-state index in [0.717, 1.165) is 29.7 Å². The van der Waals surface area contributed by atoms with Gasteiger partial charge >= 0.3 is 0 Å². The molecule has 4 unspecified atom stereocenters. The molecule has 0 spiro atoms. The van der Waals surface area contributed by atoms with Gasteiger partial charge in [0.1, 0.15) is 5.82 Å². The molecule has 19 heavy (non-hydrogen) atoms. The smallest absolute Gasteiger partial charge is 0.123 e. The average molecular weight is 261 g/mol. The molecule has 0 aromatic heterocycles. The van der Waals surface area contributed by atoms with Gasteiger partial charge in [0.15, 0.2) is 0 Å². The molecule has 4 atom stereocenters. The molecule has 1 nitrogen and oxygen atoms in total. The van der Waals surface area contributed by atoms with Crippen molar-refractivity contribution in [2.75, 3.05) is 7.05 Å². The first-order valence-corrected chi connectivity index (χ1v) is 7.59. The van der Waals surface area contributed by atoms with Crippen LogP contribution in [0.3, 0.4) is 0 Å². The predicted molar refractivity (Wildman–Crippen MR) is 76.6 cm³/mol. The molecule has 2 saturated carbocycles. The van der Waals surface area contributed by atoms with E-state index in [1.165, 1.54) is 31.2 Å². The van der Waals surface area contributed by atoms with Gasteiger partial charge in [-0.05, 0) is 80.7 Å². The van der Waals surface area contributed by atoms with Crippen LogP contribution in [0, 0.1) is 30.5 Å². The fourth-order valence-corrected chi connectivity index (χ4v) is 4.38. The largest absolute Gasteiger partial charge is 0.316 e. The van der Waals surface area contributed by atoms with E-state index in [2.05, 4.69) is 12.4 Å². The van der Waals surface area contributed by atoms with E-state index in [1.807, 2.05) is 13.0 Å². The van der Waals surface area contributed by atoms with Crippen LogP contribution in [0.15, 0.2) is 18.2 Å². The third-order valence-corrected chi connectivity index (χ3v) is 5.42. The number of nitrogens with one attached hydrogen (secondary N) is 1. The molecular formula is C17H24FN. The van der Waals surface area contributed by atoms with Gasteiger partial charge in [-0.15, -0.1) is 0 Å². The molecule has 3 rings (SSSR count). The lowest BCUT2D eigenvalue weighted by Gasteiger charge is -2.30. The van der Waals surface area contributed by atoms with Crippen molar-refractivity contribution in [3.63, 3.8) is 0 Å². The van der Waals surface area contributed by atoms with Crippen molar-refractivity contribution >= 4 is 0 Å². The highest BCUT2D eigenvalue weighted by Crippen LogP contribution is 2.49. The fraction of sp³-hybridized carbons (Fsp3) is 0.647. The minimum absolute atomic E-state index is 0.123. The van der Waals surface area contributed by atoms with Crippen LogP contribution in [0.25, 0.3) is 0 Å². The summed E-state index contributed by atoms with van der Waals surface area (Å²) >= 11 is 0. The van der Waals surface area contributed by atoms with Gasteiger partial charge in [-0.25, -0.2) is 4.39 Å². The lowest BCUT2D eigenvalue weighted by molar-refractivity contribution is 0.255. The second-order valence-corrected chi connectivity index (χ2v) is 6.51. The number of aryl methyl sites for hydroxylation is 1. The summed E-state index contributed by atoms with van der Waals surface area (Å²) in [4.78, 5) is 0. The van der Waals surface area contributed by atoms with Gasteiger partial charge in [0, 0.05) is 6.04 Å². The van der Waals surface area contributed by atoms with Gasteiger partial charge in [-0.2, -0.15) is 0 Å². The topological polar surface area (TPSA) is 12.0 Å². The molecule has 1 N–H and O–H groups in total. The maximum atomic E-state index is 13.2. The normalized spacial score (nSPS) is 30.8. The standard InChI is InChI=1S/C17H24FN/c1-11-7-15(18)6-5-13(11)10-17(19-2)16-9-12-3-4-14(16)8-12/h5-7,12,14,16-17,19H,3-4,8-10H2,1-2H3. The molecule has 0 radical (unpaired) electrons. The van der Waals surface area contributed by atoms with E-state index in [1.54, 1.807) is 12.1 Å². The van der Waals surface area contributed by atoms with Crippen molar-refractivity contribution in [1.82, 2.24) is 5.32 Å². The van der Waals surface area contributed by atoms with Gasteiger partial charge in [-0.3, -0.25) is 0 Å². The maximum absolute atomic E-state index is 13.2. The molecular weight excluding hydrogens is 237 g/mol. The van der Waals surface area contributed by atoms with Crippen molar-refractivity contribution in [2.45, 2.75) is 45.1 Å². The van der Waals surface area contributed by atoms with Crippen LogP contribution in [-0.4, -0.2) is 13.1 Å². The highest BCUT2D eigenvalue weighted by molar-refractivity contribution is 5.27. The molecule has 2 heteroatoms. The third-order valence-electron chi connectivity index (χ3n) is 5.42. The van der Waals surface area contributed by atoms with E-state index >= 15 is 0 Å². The number of halogens is 1. The van der Waals surface area contributed by atoms with Crippen molar-refractivity contribution < 1.29 is 4.39 Å². The molecule has 2 fully saturated rings. The predicted octanol–water partition coefficient (Wildman–Crippen LogP) is 3.70. The summed E-state index contributed by atoms with van der Waals surface area (Å²) in [6, 6.07) is 5.76. The lowest BCUT2D eigenvalue weighted by Crippen LogP contribution is -2.38. The number of benzene rings is 1. The molecule has 104 valence electrons. The summed E-state index contributed by atoms with van der Waals surface area (Å²) < 4.78 is 13.2. The van der Waals surface area contributed by atoms with Crippen LogP contribution >= 0.6 is 0 Å². The molecule has 0 heterocycles. The fourth-order valence-electron chi connectivity index (χ4n) is 4.38. The Morgan fingerprint density at radius 3 is 2.74 bits per heavy atom. The zero-order valence-electron chi connectivity index (χ0n) is 12.0. The zero-order chi connectivity index (χ0) is 13.4. The number of fused-ring (bicyclic) bond motifs is 2. The minimum Gasteiger partial charge on any atom is -0.316 e. The molecule has 2 bridgehead atoms. The Morgan fingerprint density at radius 1 is 1.32 bits per heavy atom. The first kappa shape index (κ1) is 13.1. The summed E-state index contributed by atoms with van der Waals surface area (Å²) in [7, 11) is 2.08. The zero-order valence-corrected chi connectivity index (χ0v) is 12.0. The molecule has 0 saturated heterocycles. The Labute approximate surface area is 115 Å². The van der Waals surface area contributed by atoms with Crippen molar-refractivity contribution in [3.05, 3.63) is 35.1 Å². The summed E-state index contributed by atoms with van der Waals surface area (Å²) in [6.07, 6.45) is 6.77. The van der Waals surface area contributed by atoms with Crippen LogP contribution in [0.4, 0.5) is 4.39 Å². The first-order valence-electron chi connectivity index (χ1n) is 7.59. The van der Waals surface area contributed by atoms with E-state index in [0.29, 0.717) is 6.04 Å². The maximum Gasteiger partial charge on any atom is 0.123 e. The molecule has 0 aliphatic heterocycles. The van der Waals surface area contributed by atoms with Gasteiger partial charge in [0.25, 0.3) is 0 Å². The van der Waals surface area contributed by atoms with Crippen molar-refractivity contribution in [2.24, 2.45) is 17.8 Å². The highest BCUT2D eigenvalue weighted by Gasteiger charge is 2.42. The summed E-state index contributed by atoms with van der Waals surface area (Å²) in [6.45, 7) is 2.02. The second kappa shape index (κ2) is 5.24. The quantitative estimate of drug-likeness (QED) is 0.871. The van der Waals surface area contributed by atoms with Crippen molar-refractivity contribution in [3.8, 4) is 0 Å². The number of hydrogen-bond donors (Lipinski definition) is 1. The minimum atomic E-state index is -0.123. The van der Waals surface area contributed by atoms with Crippen molar-refractivity contribution in [1.29, 1.82) is 0 Å². The molecule has 0 amide bonds. The summed E-state index contributed by atoms with van der Waals surface area (Å²) in [5.41, 5.74) is 2.38. The SMILES string of the molecule is CNC(Cc1ccc(F)cc1C)C1CC2CCC1C2. The van der Waals surface area contributed by atoms with Crippen LogP contribution in [0.5, 0.6) is 0 Å². The summed E-state index contributed by atoms with van der Waals surface area (Å²) in [5, 5.41) is 3.53. The Hall–Kier alpha value is -0.890. The monoisotopic (exact) mass is 261 g/mol. The van der Waals surface area contributed by atoms with Gasteiger partial charge in [-0.1, -0.05) is 12.5 Å². The van der Waals surface area contributed by atoms with E-state index < -0.39 is 0 Å². The van der Waals surface area contributed by atoms with Crippen LogP contribution < -0.4 is 5.32 Å². The van der Waals surface area contributed by atoms with E-state index in [4.69, 9.17) is 0 Å². The summed E-state index contributed by atoms with van der Waals surface area (Å²) in [5.74, 6) is 2.62. The highest BCUT2D eigenvalue weighted by atomic mass is 19.1. The third kappa shape index (κ3) is 2.55. The van der Waals surface area contributed by atoms with Gasteiger partial charge in [0.05, 0.1) is 0 Å². The lowest BCUT2D eigenvalue weighted by atomic mass is 9.80. The van der Waals surface area contributed by atoms with Gasteiger partial charge in [0.2, 0.25) is 0 Å². The van der Waals surface area contributed by atoms with E-state index in [-0.39, 0.29) is 5.82 Å². The molecule has 2 aliphatic carbocycles. The first-order chi connectivity index (χ1) is 9.17. The molecule has 2 aliphatic rings. The molecule has 1 aromatic rings. The van der Waals surface area contributed by atoms with Crippen LogP contribution in [0.2, 0.25) is 0 Å². The van der Waals surface area contributed by atoms with Crippen LogP contribution in [0.1, 0.15) is 36.8 Å². The Morgan fingerprint density at radius 2 is 2.16 bits per heavy atom. The molecule has 1 aromatic carbocycles. The second-order valence-electron chi connectivity index (χ2n) is 6.51. The Balaban J connectivity index is 1.73.